The first-order valence-corrected chi connectivity index (χ1v) is 6.33. The maximum Gasteiger partial charge on any atom is 0.230 e. The fourth-order valence-electron chi connectivity index (χ4n) is 2.48. The van der Waals surface area contributed by atoms with Crippen LogP contribution in [-0.4, -0.2) is 39.4 Å². The number of nitrogens with zero attached hydrogens (tertiary/aromatic N) is 3. The number of hydrogen-bond acceptors (Lipinski definition) is 5. The van der Waals surface area contributed by atoms with E-state index in [1.807, 2.05) is 14.0 Å². The van der Waals surface area contributed by atoms with Gasteiger partial charge >= 0.3 is 0 Å². The van der Waals surface area contributed by atoms with Gasteiger partial charge < -0.3 is 9.52 Å². The lowest BCUT2D eigenvalue weighted by atomic mass is 10.0. The Morgan fingerprint density at radius 1 is 1.29 bits per heavy atom. The first-order valence-electron chi connectivity index (χ1n) is 6.33. The molecule has 1 aromatic rings. The minimum atomic E-state index is -0.512. The van der Waals surface area contributed by atoms with Gasteiger partial charge in [-0.3, -0.25) is 4.90 Å². The van der Waals surface area contributed by atoms with Crippen LogP contribution < -0.4 is 0 Å². The Kier molecular flexibility index (Phi) is 3.79. The van der Waals surface area contributed by atoms with Crippen LogP contribution in [0.15, 0.2) is 4.42 Å². The summed E-state index contributed by atoms with van der Waals surface area (Å²) in [4.78, 5) is 2.05. The Morgan fingerprint density at radius 2 is 1.94 bits per heavy atom. The average molecular weight is 239 g/mol. The molecule has 1 aliphatic carbocycles. The highest BCUT2D eigenvalue weighted by Crippen LogP contribution is 2.30. The molecular weight excluding hydrogens is 218 g/mol. The van der Waals surface area contributed by atoms with Gasteiger partial charge in [-0.15, -0.1) is 10.2 Å². The molecule has 1 saturated carbocycles. The van der Waals surface area contributed by atoms with Gasteiger partial charge in [-0.25, -0.2) is 0 Å². The number of aromatic nitrogens is 2. The summed E-state index contributed by atoms with van der Waals surface area (Å²) in [5.74, 6) is 1.30. The van der Waals surface area contributed by atoms with Crippen molar-refractivity contribution >= 4 is 0 Å². The molecule has 1 aliphatic rings. The van der Waals surface area contributed by atoms with Crippen LogP contribution in [0.1, 0.15) is 44.4 Å². The lowest BCUT2D eigenvalue weighted by Gasteiger charge is -2.27. The van der Waals surface area contributed by atoms with Crippen molar-refractivity contribution in [2.75, 3.05) is 13.6 Å². The van der Waals surface area contributed by atoms with Gasteiger partial charge in [0, 0.05) is 13.0 Å². The molecule has 0 bridgehead atoms. The molecule has 5 nitrogen and oxygen atoms in total. The maximum atomic E-state index is 10.3. The zero-order valence-corrected chi connectivity index (χ0v) is 10.6. The predicted molar refractivity (Wildman–Crippen MR) is 63.4 cm³/mol. The highest BCUT2D eigenvalue weighted by Gasteiger charge is 2.32. The van der Waals surface area contributed by atoms with Crippen molar-refractivity contribution < 1.29 is 9.52 Å². The first-order chi connectivity index (χ1) is 8.11. The summed E-state index contributed by atoms with van der Waals surface area (Å²) in [5, 5.41) is 18.2. The Hall–Kier alpha value is -0.940. The van der Waals surface area contributed by atoms with Crippen LogP contribution in [0.25, 0.3) is 0 Å². The molecular formula is C12H21N3O2. The molecule has 0 unspecified atom stereocenters. The summed E-state index contributed by atoms with van der Waals surface area (Å²) in [7, 11) is 1.98. The van der Waals surface area contributed by atoms with E-state index in [0.29, 0.717) is 24.9 Å². The van der Waals surface area contributed by atoms with E-state index in [2.05, 4.69) is 15.1 Å². The van der Waals surface area contributed by atoms with Gasteiger partial charge in [-0.2, -0.15) is 0 Å². The molecule has 96 valence electrons. The number of rotatable bonds is 5. The van der Waals surface area contributed by atoms with Crippen LogP contribution in [0.5, 0.6) is 0 Å². The average Bonchev–Trinajstić information content (AvgIpc) is 2.87. The Bertz CT molecular complexity index is 358. The molecule has 1 heterocycles. The number of likely N-dealkylation sites (N-methyl/N-ethyl adjacent to an activating group) is 1. The Labute approximate surface area is 102 Å². The summed E-state index contributed by atoms with van der Waals surface area (Å²) >= 11 is 0. The van der Waals surface area contributed by atoms with Crippen LogP contribution in [0.4, 0.5) is 0 Å². The predicted octanol–water partition coefficient (Wildman–Crippen LogP) is 1.37. The minimum Gasteiger partial charge on any atom is -0.424 e. The largest absolute Gasteiger partial charge is 0.424 e. The molecule has 0 amide bonds. The standard InChI is InChI=1S/C12H21N3O2/c1-3-10-13-14-11(17-10)8-15(2)9-12(16)6-4-5-7-12/h16H,3-9H2,1-2H3. The maximum absolute atomic E-state index is 10.3. The van der Waals surface area contributed by atoms with E-state index in [1.165, 1.54) is 0 Å². The van der Waals surface area contributed by atoms with E-state index in [9.17, 15) is 5.11 Å². The topological polar surface area (TPSA) is 62.4 Å². The molecule has 1 fully saturated rings. The van der Waals surface area contributed by atoms with Crippen molar-refractivity contribution in [1.82, 2.24) is 15.1 Å². The van der Waals surface area contributed by atoms with Crippen molar-refractivity contribution in [3.05, 3.63) is 11.8 Å². The van der Waals surface area contributed by atoms with E-state index in [-0.39, 0.29) is 0 Å². The molecule has 0 aliphatic heterocycles. The lowest BCUT2D eigenvalue weighted by molar-refractivity contribution is 0.0127. The van der Waals surface area contributed by atoms with Crippen LogP contribution in [-0.2, 0) is 13.0 Å². The van der Waals surface area contributed by atoms with E-state index in [0.717, 1.165) is 32.1 Å². The Morgan fingerprint density at radius 3 is 2.53 bits per heavy atom. The second-order valence-corrected chi connectivity index (χ2v) is 5.05. The van der Waals surface area contributed by atoms with E-state index >= 15 is 0 Å². The monoisotopic (exact) mass is 239 g/mol. The lowest BCUT2D eigenvalue weighted by Crippen LogP contribution is -2.38. The van der Waals surface area contributed by atoms with Gasteiger partial charge in [0.1, 0.15) is 0 Å². The van der Waals surface area contributed by atoms with Gasteiger partial charge in [-0.1, -0.05) is 19.8 Å². The number of aliphatic hydroxyl groups is 1. The van der Waals surface area contributed by atoms with Crippen molar-refractivity contribution in [3.8, 4) is 0 Å². The number of aryl methyl sites for hydroxylation is 1. The SMILES string of the molecule is CCc1nnc(CN(C)CC2(O)CCCC2)o1. The second kappa shape index (κ2) is 5.14. The number of hydrogen-bond donors (Lipinski definition) is 1. The normalized spacial score (nSPS) is 19.1. The quantitative estimate of drug-likeness (QED) is 0.840. The van der Waals surface area contributed by atoms with Crippen LogP contribution in [0.2, 0.25) is 0 Å². The molecule has 0 aromatic carbocycles. The summed E-state index contributed by atoms with van der Waals surface area (Å²) < 4.78 is 5.46. The van der Waals surface area contributed by atoms with E-state index in [4.69, 9.17) is 4.42 Å². The highest BCUT2D eigenvalue weighted by atomic mass is 16.4. The van der Waals surface area contributed by atoms with Crippen molar-refractivity contribution in [1.29, 1.82) is 0 Å². The van der Waals surface area contributed by atoms with Gasteiger partial charge in [0.25, 0.3) is 0 Å². The third-order valence-corrected chi connectivity index (χ3v) is 3.31. The van der Waals surface area contributed by atoms with Crippen LogP contribution in [0.3, 0.4) is 0 Å². The summed E-state index contributed by atoms with van der Waals surface area (Å²) in [6.07, 6.45) is 4.83. The molecule has 0 spiro atoms. The molecule has 2 rings (SSSR count). The van der Waals surface area contributed by atoms with Crippen LogP contribution in [0, 0.1) is 0 Å². The minimum absolute atomic E-state index is 0.512. The third kappa shape index (κ3) is 3.26. The zero-order valence-electron chi connectivity index (χ0n) is 10.6. The highest BCUT2D eigenvalue weighted by molar-refractivity contribution is 4.88. The van der Waals surface area contributed by atoms with E-state index < -0.39 is 5.60 Å². The van der Waals surface area contributed by atoms with E-state index in [1.54, 1.807) is 0 Å². The summed E-state index contributed by atoms with van der Waals surface area (Å²) in [6, 6.07) is 0. The van der Waals surface area contributed by atoms with Gasteiger partial charge in [0.05, 0.1) is 12.1 Å². The van der Waals surface area contributed by atoms with Crippen LogP contribution >= 0.6 is 0 Å². The second-order valence-electron chi connectivity index (χ2n) is 5.05. The summed E-state index contributed by atoms with van der Waals surface area (Å²) in [6.45, 7) is 3.27. The molecule has 1 N–H and O–H groups in total. The summed E-state index contributed by atoms with van der Waals surface area (Å²) in [5.41, 5.74) is -0.512. The van der Waals surface area contributed by atoms with Crippen molar-refractivity contribution in [2.24, 2.45) is 0 Å². The van der Waals surface area contributed by atoms with Gasteiger partial charge in [0.15, 0.2) is 0 Å². The zero-order chi connectivity index (χ0) is 12.3. The smallest absolute Gasteiger partial charge is 0.230 e. The molecule has 5 heteroatoms. The van der Waals surface area contributed by atoms with Crippen molar-refractivity contribution in [2.45, 2.75) is 51.2 Å². The molecule has 0 radical (unpaired) electrons. The fraction of sp³-hybridized carbons (Fsp3) is 0.833. The van der Waals surface area contributed by atoms with Gasteiger partial charge in [-0.05, 0) is 19.9 Å². The molecule has 0 atom stereocenters. The van der Waals surface area contributed by atoms with Gasteiger partial charge in [0.2, 0.25) is 11.8 Å². The van der Waals surface area contributed by atoms with Crippen molar-refractivity contribution in [3.63, 3.8) is 0 Å². The first kappa shape index (κ1) is 12.5. The third-order valence-electron chi connectivity index (χ3n) is 3.31. The molecule has 17 heavy (non-hydrogen) atoms. The molecule has 1 aromatic heterocycles. The Balaban J connectivity index is 1.86. The fourth-order valence-corrected chi connectivity index (χ4v) is 2.48. The molecule has 0 saturated heterocycles.